The van der Waals surface area contributed by atoms with Gasteiger partial charge in [-0.25, -0.2) is 0 Å². The molecular weight excluding hydrogens is 241 g/mol. The summed E-state index contributed by atoms with van der Waals surface area (Å²) < 4.78 is 17.7. The summed E-state index contributed by atoms with van der Waals surface area (Å²) in [4.78, 5) is 10.3. The number of nitrogens with zero attached hydrogens (tertiary/aromatic N) is 1. The second kappa shape index (κ2) is 4.34. The molecule has 0 saturated heterocycles. The van der Waals surface area contributed by atoms with Crippen LogP contribution < -0.4 is 4.52 Å². The molecule has 17 heavy (non-hydrogen) atoms. The fraction of sp³-hybridized carbons (Fsp3) is 0.273. The van der Waals surface area contributed by atoms with Gasteiger partial charge in [-0.2, -0.15) is 0 Å². The van der Waals surface area contributed by atoms with Crippen LogP contribution in [0.15, 0.2) is 35.9 Å². The van der Waals surface area contributed by atoms with Crippen LogP contribution in [-0.2, 0) is 4.57 Å². The topological polar surface area (TPSA) is 69.4 Å². The summed E-state index contributed by atoms with van der Waals surface area (Å²) >= 11 is 0. The van der Waals surface area contributed by atoms with E-state index >= 15 is 0 Å². The number of allylic oxidation sites excluding steroid dienone is 2. The number of para-hydroxylation sites is 2. The number of benzene rings is 1. The monoisotopic (exact) mass is 253 g/mol. The van der Waals surface area contributed by atoms with Crippen LogP contribution >= 0.6 is 7.37 Å². The number of hydrogen-bond acceptors (Lipinski definition) is 4. The highest BCUT2D eigenvalue weighted by atomic mass is 31.2. The fourth-order valence-electron chi connectivity index (χ4n) is 1.74. The van der Waals surface area contributed by atoms with Crippen LogP contribution in [0.3, 0.4) is 0 Å². The molecule has 1 unspecified atom stereocenters. The predicted molar refractivity (Wildman–Crippen MR) is 64.8 cm³/mol. The van der Waals surface area contributed by atoms with Crippen molar-refractivity contribution >= 4 is 13.1 Å². The van der Waals surface area contributed by atoms with Crippen LogP contribution in [0, 0.1) is 10.1 Å². The Morgan fingerprint density at radius 1 is 1.41 bits per heavy atom. The Labute approximate surface area is 98.7 Å². The van der Waals surface area contributed by atoms with Crippen molar-refractivity contribution in [2.24, 2.45) is 0 Å². The normalized spacial score (nSPS) is 23.2. The molecule has 1 aromatic rings. The second-order valence-electron chi connectivity index (χ2n) is 4.02. The van der Waals surface area contributed by atoms with Crippen LogP contribution in [-0.4, -0.2) is 17.2 Å². The number of hydrogen-bond donors (Lipinski definition) is 0. The number of nitro groups is 1. The maximum atomic E-state index is 12.3. The van der Waals surface area contributed by atoms with Crippen molar-refractivity contribution in [2.75, 3.05) is 12.3 Å². The van der Waals surface area contributed by atoms with Crippen molar-refractivity contribution in [1.29, 1.82) is 0 Å². The highest BCUT2D eigenvalue weighted by molar-refractivity contribution is 7.60. The smallest absolute Gasteiger partial charge is 0.311 e. The van der Waals surface area contributed by atoms with Gasteiger partial charge >= 0.3 is 5.69 Å². The molecule has 0 spiro atoms. The van der Waals surface area contributed by atoms with Crippen molar-refractivity contribution in [1.82, 2.24) is 0 Å². The zero-order valence-corrected chi connectivity index (χ0v) is 10.2. The van der Waals surface area contributed by atoms with E-state index in [0.717, 1.165) is 5.57 Å². The molecule has 0 N–H and O–H groups in total. The van der Waals surface area contributed by atoms with E-state index in [4.69, 9.17) is 4.52 Å². The lowest BCUT2D eigenvalue weighted by Gasteiger charge is -2.13. The molecular formula is C11H12NO4P. The molecule has 1 heterocycles. The summed E-state index contributed by atoms with van der Waals surface area (Å²) in [7, 11) is -2.81. The van der Waals surface area contributed by atoms with Crippen LogP contribution in [0.2, 0.25) is 0 Å². The standard InChI is InChI=1S/C11H12NO4P/c1-9-6-7-17(15,8-9)16-11-5-3-2-4-10(11)12(13)14/h2-6H,7-8H2,1H3. The van der Waals surface area contributed by atoms with Crippen molar-refractivity contribution in [3.8, 4) is 5.75 Å². The first-order chi connectivity index (χ1) is 8.00. The molecule has 0 saturated carbocycles. The maximum Gasteiger partial charge on any atom is 0.311 e. The predicted octanol–water partition coefficient (Wildman–Crippen LogP) is 3.21. The van der Waals surface area contributed by atoms with Gasteiger partial charge in [-0.3, -0.25) is 14.7 Å². The van der Waals surface area contributed by atoms with E-state index < -0.39 is 12.3 Å². The summed E-state index contributed by atoms with van der Waals surface area (Å²) in [5.74, 6) is 0.0870. The molecule has 0 aliphatic carbocycles. The van der Waals surface area contributed by atoms with Crippen LogP contribution in [0.25, 0.3) is 0 Å². The van der Waals surface area contributed by atoms with Gasteiger partial charge in [0, 0.05) is 6.07 Å². The van der Waals surface area contributed by atoms with Gasteiger partial charge in [0.2, 0.25) is 5.75 Å². The fourth-order valence-corrected chi connectivity index (χ4v) is 4.00. The van der Waals surface area contributed by atoms with Gasteiger partial charge in [0.05, 0.1) is 17.2 Å². The van der Waals surface area contributed by atoms with E-state index in [9.17, 15) is 14.7 Å². The van der Waals surface area contributed by atoms with E-state index in [2.05, 4.69) is 0 Å². The van der Waals surface area contributed by atoms with E-state index in [-0.39, 0.29) is 11.4 Å². The average Bonchev–Trinajstić information content (AvgIpc) is 2.59. The molecule has 0 fully saturated rings. The van der Waals surface area contributed by atoms with Crippen LogP contribution in [0.5, 0.6) is 5.75 Å². The molecule has 0 amide bonds. The van der Waals surface area contributed by atoms with E-state index in [1.54, 1.807) is 12.1 Å². The van der Waals surface area contributed by atoms with Gasteiger partial charge in [0.1, 0.15) is 0 Å². The van der Waals surface area contributed by atoms with E-state index in [0.29, 0.717) is 12.3 Å². The second-order valence-corrected chi connectivity index (χ2v) is 6.51. The highest BCUT2D eigenvalue weighted by Gasteiger charge is 2.31. The SMILES string of the molecule is CC1=CCP(=O)(Oc2ccccc2[N+](=O)[O-])C1. The Morgan fingerprint density at radius 2 is 2.12 bits per heavy atom. The van der Waals surface area contributed by atoms with E-state index in [1.165, 1.54) is 12.1 Å². The first-order valence-corrected chi connectivity index (χ1v) is 7.16. The van der Waals surface area contributed by atoms with Crippen molar-refractivity contribution in [3.05, 3.63) is 46.0 Å². The van der Waals surface area contributed by atoms with Gasteiger partial charge < -0.3 is 4.52 Å². The quantitative estimate of drug-likeness (QED) is 0.359. The largest absolute Gasteiger partial charge is 0.435 e. The van der Waals surface area contributed by atoms with Crippen LogP contribution in [0.1, 0.15) is 6.92 Å². The van der Waals surface area contributed by atoms with Gasteiger partial charge in [-0.15, -0.1) is 0 Å². The summed E-state index contributed by atoms with van der Waals surface area (Å²) in [6.07, 6.45) is 2.58. The summed E-state index contributed by atoms with van der Waals surface area (Å²) in [5, 5.41) is 10.8. The number of rotatable bonds is 3. The molecule has 0 radical (unpaired) electrons. The van der Waals surface area contributed by atoms with Crippen molar-refractivity contribution in [2.45, 2.75) is 6.92 Å². The van der Waals surface area contributed by atoms with Gasteiger partial charge in [-0.05, 0) is 13.0 Å². The minimum atomic E-state index is -2.81. The molecule has 90 valence electrons. The van der Waals surface area contributed by atoms with Gasteiger partial charge in [0.25, 0.3) is 7.37 Å². The Balaban J connectivity index is 2.25. The zero-order chi connectivity index (χ0) is 12.5. The summed E-state index contributed by atoms with van der Waals surface area (Å²) in [6, 6.07) is 6.01. The minimum absolute atomic E-state index is 0.0870. The molecule has 1 aliphatic heterocycles. The first kappa shape index (κ1) is 11.9. The van der Waals surface area contributed by atoms with Crippen molar-refractivity contribution in [3.63, 3.8) is 0 Å². The molecule has 5 nitrogen and oxygen atoms in total. The molecule has 1 aliphatic rings. The molecule has 2 rings (SSSR count). The Kier molecular flexibility index (Phi) is 3.03. The maximum absolute atomic E-state index is 12.3. The lowest BCUT2D eigenvalue weighted by molar-refractivity contribution is -0.385. The number of nitro benzene ring substituents is 1. The van der Waals surface area contributed by atoms with Gasteiger partial charge in [0.15, 0.2) is 0 Å². The third-order valence-corrected chi connectivity index (χ3v) is 4.78. The summed E-state index contributed by atoms with van der Waals surface area (Å²) in [5.41, 5.74) is 0.860. The molecule has 6 heteroatoms. The Morgan fingerprint density at radius 3 is 2.71 bits per heavy atom. The third-order valence-electron chi connectivity index (χ3n) is 2.53. The lowest BCUT2D eigenvalue weighted by Crippen LogP contribution is -1.99. The third kappa shape index (κ3) is 2.56. The molecule has 1 atom stereocenters. The Hall–Kier alpha value is -1.61. The average molecular weight is 253 g/mol. The zero-order valence-electron chi connectivity index (χ0n) is 9.33. The molecule has 0 aromatic heterocycles. The highest BCUT2D eigenvalue weighted by Crippen LogP contribution is 2.53. The lowest BCUT2D eigenvalue weighted by atomic mass is 10.3. The Bertz CT molecular complexity index is 538. The van der Waals surface area contributed by atoms with Crippen LogP contribution in [0.4, 0.5) is 5.69 Å². The van der Waals surface area contributed by atoms with Crippen molar-refractivity contribution < 1.29 is 14.0 Å². The molecule has 1 aromatic carbocycles. The van der Waals surface area contributed by atoms with Gasteiger partial charge in [-0.1, -0.05) is 23.8 Å². The summed E-state index contributed by atoms with van der Waals surface area (Å²) in [6.45, 7) is 1.88. The van der Waals surface area contributed by atoms with E-state index in [1.807, 2.05) is 13.0 Å². The molecule has 0 bridgehead atoms. The minimum Gasteiger partial charge on any atom is -0.435 e. The first-order valence-electron chi connectivity index (χ1n) is 5.17.